The van der Waals surface area contributed by atoms with Crippen LogP contribution < -0.4 is 21.5 Å². The number of rotatable bonds is 5. The molecule has 3 aromatic rings. The van der Waals surface area contributed by atoms with Crippen molar-refractivity contribution in [1.29, 1.82) is 5.26 Å². The fraction of sp³-hybridized carbons (Fsp3) is 0.423. The lowest BCUT2D eigenvalue weighted by molar-refractivity contribution is -0.137. The lowest BCUT2D eigenvalue weighted by atomic mass is 10.0. The molecule has 1 aromatic carbocycles. The van der Waals surface area contributed by atoms with Gasteiger partial charge in [-0.1, -0.05) is 0 Å². The minimum absolute atomic E-state index is 0.00124. The Balaban J connectivity index is 1.77. The average molecular weight is 514 g/mol. The third-order valence-electron chi connectivity index (χ3n) is 6.89. The van der Waals surface area contributed by atoms with E-state index in [1.54, 1.807) is 20.0 Å². The standard InChI is InChI=1S/C26H30F3N7O/c1-15(2)35-5-7-36(8-6-35)22-12-21-23(34(4)25(22)37)18(13-30)14-32-24(21)33-16(3)17-9-19(26(27,28)29)11-20(31)10-17/h9-12,14-16H,5-8,31H2,1-4H3,(H,32,33)/t16-/m1/s1. The fourth-order valence-corrected chi connectivity index (χ4v) is 4.77. The van der Waals surface area contributed by atoms with Crippen LogP contribution in [0, 0.1) is 11.3 Å². The Labute approximate surface area is 213 Å². The van der Waals surface area contributed by atoms with Crippen molar-refractivity contribution in [2.24, 2.45) is 7.05 Å². The maximum Gasteiger partial charge on any atom is 0.416 e. The Hall–Kier alpha value is -3.78. The van der Waals surface area contributed by atoms with E-state index in [2.05, 4.69) is 35.1 Å². The van der Waals surface area contributed by atoms with Crippen LogP contribution in [-0.2, 0) is 13.2 Å². The minimum atomic E-state index is -4.53. The Morgan fingerprint density at radius 2 is 1.78 bits per heavy atom. The first kappa shape index (κ1) is 26.3. The zero-order valence-electron chi connectivity index (χ0n) is 21.2. The number of fused-ring (bicyclic) bond motifs is 1. The smallest absolute Gasteiger partial charge is 0.399 e. The number of aromatic nitrogens is 2. The first-order chi connectivity index (χ1) is 17.4. The summed E-state index contributed by atoms with van der Waals surface area (Å²) in [6, 6.07) is 7.06. The maximum absolute atomic E-state index is 13.3. The van der Waals surface area contributed by atoms with Crippen LogP contribution in [0.1, 0.15) is 43.5 Å². The highest BCUT2D eigenvalue weighted by atomic mass is 19.4. The molecule has 11 heteroatoms. The molecule has 3 heterocycles. The molecule has 1 aliphatic heterocycles. The van der Waals surface area contributed by atoms with E-state index in [1.165, 1.54) is 16.8 Å². The number of hydrogen-bond donors (Lipinski definition) is 2. The summed E-state index contributed by atoms with van der Waals surface area (Å²) >= 11 is 0. The van der Waals surface area contributed by atoms with Gasteiger partial charge in [0.05, 0.1) is 22.7 Å². The van der Waals surface area contributed by atoms with E-state index in [4.69, 9.17) is 5.73 Å². The van der Waals surface area contributed by atoms with Gasteiger partial charge in [-0.3, -0.25) is 9.69 Å². The number of halogens is 3. The Bertz CT molecular complexity index is 1420. The summed E-state index contributed by atoms with van der Waals surface area (Å²) in [5.74, 6) is 0.357. The topological polar surface area (TPSA) is 103 Å². The van der Waals surface area contributed by atoms with Gasteiger partial charge in [0.2, 0.25) is 0 Å². The number of anilines is 3. The van der Waals surface area contributed by atoms with Crippen molar-refractivity contribution in [3.63, 3.8) is 0 Å². The van der Waals surface area contributed by atoms with Gasteiger partial charge in [-0.2, -0.15) is 18.4 Å². The van der Waals surface area contributed by atoms with Crippen LogP contribution in [0.4, 0.5) is 30.4 Å². The van der Waals surface area contributed by atoms with E-state index < -0.39 is 17.8 Å². The number of nitrogen functional groups attached to an aromatic ring is 1. The molecule has 196 valence electrons. The van der Waals surface area contributed by atoms with Gasteiger partial charge in [0, 0.05) is 56.5 Å². The third kappa shape index (κ3) is 5.20. The first-order valence-electron chi connectivity index (χ1n) is 12.1. The second kappa shape index (κ2) is 9.94. The number of aryl methyl sites for hydroxylation is 1. The quantitative estimate of drug-likeness (QED) is 0.495. The van der Waals surface area contributed by atoms with Crippen molar-refractivity contribution >= 4 is 28.1 Å². The second-order valence-corrected chi connectivity index (χ2v) is 9.66. The Morgan fingerprint density at radius 3 is 2.38 bits per heavy atom. The average Bonchev–Trinajstić information content (AvgIpc) is 2.85. The minimum Gasteiger partial charge on any atom is -0.399 e. The lowest BCUT2D eigenvalue weighted by Gasteiger charge is -2.38. The number of pyridine rings is 2. The van der Waals surface area contributed by atoms with Crippen molar-refractivity contribution in [3.8, 4) is 6.07 Å². The van der Waals surface area contributed by atoms with Gasteiger partial charge >= 0.3 is 6.18 Å². The molecule has 0 amide bonds. The Kier molecular flexibility index (Phi) is 7.06. The van der Waals surface area contributed by atoms with Crippen molar-refractivity contribution in [1.82, 2.24) is 14.5 Å². The van der Waals surface area contributed by atoms with Crippen molar-refractivity contribution in [2.45, 2.75) is 39.0 Å². The highest BCUT2D eigenvalue weighted by Gasteiger charge is 2.31. The van der Waals surface area contributed by atoms with Crippen molar-refractivity contribution in [3.05, 3.63) is 57.5 Å². The number of hydrogen-bond acceptors (Lipinski definition) is 7. The molecular formula is C26H30F3N7O. The summed E-state index contributed by atoms with van der Waals surface area (Å²) in [5.41, 5.74) is 6.17. The fourth-order valence-electron chi connectivity index (χ4n) is 4.77. The molecule has 1 fully saturated rings. The summed E-state index contributed by atoms with van der Waals surface area (Å²) in [6.07, 6.45) is -3.17. The number of alkyl halides is 3. The highest BCUT2D eigenvalue weighted by molar-refractivity contribution is 5.95. The normalized spacial score (nSPS) is 15.7. The third-order valence-corrected chi connectivity index (χ3v) is 6.89. The highest BCUT2D eigenvalue weighted by Crippen LogP contribution is 2.34. The predicted molar refractivity (Wildman–Crippen MR) is 139 cm³/mol. The van der Waals surface area contributed by atoms with Crippen LogP contribution in [0.5, 0.6) is 0 Å². The molecule has 0 aliphatic carbocycles. The van der Waals surface area contributed by atoms with Gasteiger partial charge in [0.15, 0.2) is 0 Å². The first-order valence-corrected chi connectivity index (χ1v) is 12.1. The van der Waals surface area contributed by atoms with Gasteiger partial charge in [-0.25, -0.2) is 4.98 Å². The molecule has 0 spiro atoms. The monoisotopic (exact) mass is 513 g/mol. The molecule has 0 saturated carbocycles. The lowest BCUT2D eigenvalue weighted by Crippen LogP contribution is -2.50. The molecule has 37 heavy (non-hydrogen) atoms. The van der Waals surface area contributed by atoms with Gasteiger partial charge < -0.3 is 20.5 Å². The van der Waals surface area contributed by atoms with Crippen molar-refractivity contribution < 1.29 is 13.2 Å². The zero-order valence-corrected chi connectivity index (χ0v) is 21.2. The van der Waals surface area contributed by atoms with Crippen molar-refractivity contribution in [2.75, 3.05) is 42.1 Å². The van der Waals surface area contributed by atoms with Gasteiger partial charge in [0.25, 0.3) is 5.56 Å². The number of nitriles is 1. The van der Waals surface area contributed by atoms with E-state index in [9.17, 15) is 23.2 Å². The summed E-state index contributed by atoms with van der Waals surface area (Å²) in [4.78, 5) is 22.1. The van der Waals surface area contributed by atoms with E-state index >= 15 is 0 Å². The molecule has 1 saturated heterocycles. The van der Waals surface area contributed by atoms with Crippen LogP contribution in [0.2, 0.25) is 0 Å². The van der Waals surface area contributed by atoms with Crippen LogP contribution in [0.15, 0.2) is 35.3 Å². The van der Waals surface area contributed by atoms with Gasteiger partial charge in [-0.15, -0.1) is 0 Å². The van der Waals surface area contributed by atoms with E-state index in [0.29, 0.717) is 47.1 Å². The zero-order chi connectivity index (χ0) is 27.1. The van der Waals surface area contributed by atoms with Crippen LogP contribution in [-0.4, -0.2) is 46.7 Å². The molecule has 3 N–H and O–H groups in total. The van der Waals surface area contributed by atoms with E-state index in [0.717, 1.165) is 25.2 Å². The summed E-state index contributed by atoms with van der Waals surface area (Å²) in [6.45, 7) is 8.95. The molecule has 0 radical (unpaired) electrons. The molecular weight excluding hydrogens is 483 g/mol. The van der Waals surface area contributed by atoms with E-state index in [-0.39, 0.29) is 16.8 Å². The van der Waals surface area contributed by atoms with Crippen LogP contribution in [0.25, 0.3) is 10.9 Å². The maximum atomic E-state index is 13.3. The molecule has 2 aromatic heterocycles. The van der Waals surface area contributed by atoms with Gasteiger partial charge in [0.1, 0.15) is 17.6 Å². The number of nitrogens with zero attached hydrogens (tertiary/aromatic N) is 5. The van der Waals surface area contributed by atoms with Crippen LogP contribution >= 0.6 is 0 Å². The molecule has 4 rings (SSSR count). The Morgan fingerprint density at radius 1 is 1.11 bits per heavy atom. The van der Waals surface area contributed by atoms with Gasteiger partial charge in [-0.05, 0) is 50.6 Å². The predicted octanol–water partition coefficient (Wildman–Crippen LogP) is 4.11. The molecule has 0 bridgehead atoms. The second-order valence-electron chi connectivity index (χ2n) is 9.66. The number of nitrogens with two attached hydrogens (primary N) is 1. The molecule has 1 aliphatic rings. The number of nitrogens with one attached hydrogen (secondary N) is 1. The molecule has 1 atom stereocenters. The number of piperazine rings is 1. The molecule has 8 nitrogen and oxygen atoms in total. The number of benzene rings is 1. The summed E-state index contributed by atoms with van der Waals surface area (Å²) in [7, 11) is 1.61. The molecule has 0 unspecified atom stereocenters. The SMILES string of the molecule is CC(C)N1CCN(c2cc3c(N[C@H](C)c4cc(N)cc(C(F)(F)F)c4)ncc(C#N)c3n(C)c2=O)CC1. The van der Waals surface area contributed by atoms with E-state index in [1.807, 2.05) is 4.90 Å². The largest absolute Gasteiger partial charge is 0.416 e. The summed E-state index contributed by atoms with van der Waals surface area (Å²) < 4.78 is 41.5. The summed E-state index contributed by atoms with van der Waals surface area (Å²) in [5, 5.41) is 13.4. The van der Waals surface area contributed by atoms with Crippen LogP contribution in [0.3, 0.4) is 0 Å².